The summed E-state index contributed by atoms with van der Waals surface area (Å²) in [7, 11) is 1.94. The Bertz CT molecular complexity index is 886. The maximum Gasteiger partial charge on any atom is 0.226 e. The van der Waals surface area contributed by atoms with E-state index >= 15 is 0 Å². The molecule has 1 aliphatic rings. The molecule has 0 spiro atoms. The van der Waals surface area contributed by atoms with E-state index in [2.05, 4.69) is 12.2 Å². The van der Waals surface area contributed by atoms with Gasteiger partial charge >= 0.3 is 0 Å². The second kappa shape index (κ2) is 8.61. The molecule has 6 heteroatoms. The zero-order valence-electron chi connectivity index (χ0n) is 16.2. The molecule has 2 aromatic rings. The highest BCUT2D eigenvalue weighted by Gasteiger charge is 2.25. The van der Waals surface area contributed by atoms with Crippen molar-refractivity contribution in [1.82, 2.24) is 10.2 Å². The lowest BCUT2D eigenvalue weighted by atomic mass is 10.1. The molecule has 0 radical (unpaired) electrons. The van der Waals surface area contributed by atoms with Crippen molar-refractivity contribution in [3.63, 3.8) is 0 Å². The molecule has 1 unspecified atom stereocenters. The molecule has 0 aliphatic carbocycles. The van der Waals surface area contributed by atoms with Gasteiger partial charge in [-0.15, -0.1) is 0 Å². The van der Waals surface area contributed by atoms with E-state index in [4.69, 9.17) is 10.7 Å². The molecule has 0 bridgehead atoms. The Morgan fingerprint density at radius 3 is 2.50 bits per heavy atom. The Kier molecular flexibility index (Phi) is 5.99. The molecule has 6 nitrogen and oxygen atoms in total. The van der Waals surface area contributed by atoms with Crippen LogP contribution in [-0.4, -0.2) is 34.8 Å². The highest BCUT2D eigenvalue weighted by molar-refractivity contribution is 5.98. The van der Waals surface area contributed by atoms with Gasteiger partial charge in [0.15, 0.2) is 0 Å². The molecule has 2 aromatic carbocycles. The van der Waals surface area contributed by atoms with Crippen molar-refractivity contribution in [1.29, 1.82) is 0 Å². The number of anilines is 1. The second-order valence-electron chi connectivity index (χ2n) is 6.97. The summed E-state index contributed by atoms with van der Waals surface area (Å²) in [4.78, 5) is 19.4. The normalized spacial score (nSPS) is 16.4. The number of phenolic OH excluding ortho intramolecular Hbond substituents is 1. The van der Waals surface area contributed by atoms with Gasteiger partial charge in [-0.25, -0.2) is 0 Å². The van der Waals surface area contributed by atoms with Crippen molar-refractivity contribution in [3.8, 4) is 5.75 Å². The second-order valence-corrected chi connectivity index (χ2v) is 6.97. The van der Waals surface area contributed by atoms with Gasteiger partial charge in [0.25, 0.3) is 0 Å². The van der Waals surface area contributed by atoms with Crippen LogP contribution < -0.4 is 11.1 Å². The zero-order chi connectivity index (χ0) is 20.1. The summed E-state index contributed by atoms with van der Waals surface area (Å²) in [5, 5.41) is 12.5. The number of carbonyl (C=O) groups excluding carboxylic acids is 1. The summed E-state index contributed by atoms with van der Waals surface area (Å²) < 4.78 is 0. The van der Waals surface area contributed by atoms with Crippen molar-refractivity contribution in [2.75, 3.05) is 12.8 Å². The van der Waals surface area contributed by atoms with Crippen LogP contribution >= 0.6 is 0 Å². The number of nitrogens with zero attached hydrogens (tertiary/aromatic N) is 2. The van der Waals surface area contributed by atoms with E-state index in [0.717, 1.165) is 35.4 Å². The van der Waals surface area contributed by atoms with Crippen LogP contribution in [0.2, 0.25) is 0 Å². The molecule has 0 saturated heterocycles. The smallest absolute Gasteiger partial charge is 0.226 e. The van der Waals surface area contributed by atoms with E-state index in [0.29, 0.717) is 5.69 Å². The molecule has 0 fully saturated rings. The molecule has 1 amide bonds. The van der Waals surface area contributed by atoms with E-state index in [-0.39, 0.29) is 24.2 Å². The van der Waals surface area contributed by atoms with Crippen LogP contribution in [0.5, 0.6) is 5.75 Å². The van der Waals surface area contributed by atoms with Crippen molar-refractivity contribution >= 4 is 23.0 Å². The lowest BCUT2D eigenvalue weighted by Crippen LogP contribution is -2.51. The number of rotatable bonds is 6. The number of benzene rings is 2. The third-order valence-electron chi connectivity index (χ3n) is 4.62. The fourth-order valence-electron chi connectivity index (χ4n) is 3.18. The standard InChI is InChI=1S/C22H26N4O2/c1-3-4-19-22(25-21(28)13-15-5-11-18(27)12-6-15)26(2)14-20(24-19)16-7-9-17(23)10-8-16/h5-12,14,22,27H,3-4,13,23H2,1-2H3,(H,25,28). The van der Waals surface area contributed by atoms with Crippen LogP contribution in [0.3, 0.4) is 0 Å². The maximum absolute atomic E-state index is 12.6. The zero-order valence-corrected chi connectivity index (χ0v) is 16.2. The monoisotopic (exact) mass is 378 g/mol. The lowest BCUT2D eigenvalue weighted by Gasteiger charge is -2.33. The molecule has 28 heavy (non-hydrogen) atoms. The van der Waals surface area contributed by atoms with Gasteiger partial charge < -0.3 is 21.1 Å². The van der Waals surface area contributed by atoms with Gasteiger partial charge in [0.2, 0.25) is 5.91 Å². The lowest BCUT2D eigenvalue weighted by molar-refractivity contribution is -0.121. The van der Waals surface area contributed by atoms with Gasteiger partial charge in [0.05, 0.1) is 17.8 Å². The number of hydrogen-bond donors (Lipinski definition) is 3. The third kappa shape index (κ3) is 4.71. The highest BCUT2D eigenvalue weighted by atomic mass is 16.3. The average Bonchev–Trinajstić information content (AvgIpc) is 2.67. The Morgan fingerprint density at radius 2 is 1.86 bits per heavy atom. The number of amides is 1. The van der Waals surface area contributed by atoms with E-state index < -0.39 is 0 Å². The fraction of sp³-hybridized carbons (Fsp3) is 0.273. The first-order valence-corrected chi connectivity index (χ1v) is 9.40. The molecule has 4 N–H and O–H groups in total. The van der Waals surface area contributed by atoms with E-state index in [1.807, 2.05) is 42.4 Å². The Labute approximate surface area is 165 Å². The summed E-state index contributed by atoms with van der Waals surface area (Å²) in [5.74, 6) is 0.101. The van der Waals surface area contributed by atoms with Gasteiger partial charge in [-0.3, -0.25) is 9.79 Å². The minimum absolute atomic E-state index is 0.0873. The van der Waals surface area contributed by atoms with Crippen LogP contribution in [-0.2, 0) is 11.2 Å². The third-order valence-corrected chi connectivity index (χ3v) is 4.62. The predicted molar refractivity (Wildman–Crippen MR) is 113 cm³/mol. The quantitative estimate of drug-likeness (QED) is 0.674. The first kappa shape index (κ1) is 19.5. The van der Waals surface area contributed by atoms with E-state index in [9.17, 15) is 9.90 Å². The number of hydrogen-bond acceptors (Lipinski definition) is 5. The molecule has 146 valence electrons. The molecule has 3 rings (SSSR count). The van der Waals surface area contributed by atoms with E-state index in [1.54, 1.807) is 24.3 Å². The Hall–Kier alpha value is -3.28. The fourth-order valence-corrected chi connectivity index (χ4v) is 3.18. The predicted octanol–water partition coefficient (Wildman–Crippen LogP) is 3.14. The van der Waals surface area contributed by atoms with Crippen LogP contribution in [0.1, 0.15) is 30.9 Å². The summed E-state index contributed by atoms with van der Waals surface area (Å²) in [5.41, 5.74) is 10.1. The van der Waals surface area contributed by atoms with Crippen molar-refractivity contribution in [2.24, 2.45) is 4.99 Å². The highest BCUT2D eigenvalue weighted by Crippen LogP contribution is 2.24. The van der Waals surface area contributed by atoms with Gasteiger partial charge in [-0.1, -0.05) is 37.6 Å². The van der Waals surface area contributed by atoms with Gasteiger partial charge in [-0.05, 0) is 36.2 Å². The summed E-state index contributed by atoms with van der Waals surface area (Å²) in [6.07, 6.45) is 3.64. The average molecular weight is 378 g/mol. The number of nitrogen functional groups attached to an aromatic ring is 1. The van der Waals surface area contributed by atoms with Gasteiger partial charge in [0.1, 0.15) is 11.9 Å². The largest absolute Gasteiger partial charge is 0.508 e. The molecule has 1 atom stereocenters. The number of aliphatic imine (C=N–C) groups is 1. The molecule has 0 saturated carbocycles. The number of carbonyl (C=O) groups is 1. The first-order chi connectivity index (χ1) is 13.5. The molecule has 1 heterocycles. The van der Waals surface area contributed by atoms with E-state index in [1.165, 1.54) is 0 Å². The van der Waals surface area contributed by atoms with Gasteiger partial charge in [-0.2, -0.15) is 0 Å². The van der Waals surface area contributed by atoms with Crippen LogP contribution in [0.15, 0.2) is 59.7 Å². The molecular formula is C22H26N4O2. The first-order valence-electron chi connectivity index (χ1n) is 9.40. The molecule has 1 aliphatic heterocycles. The number of nitrogens with two attached hydrogens (primary N) is 1. The van der Waals surface area contributed by atoms with Gasteiger partial charge in [0, 0.05) is 24.5 Å². The van der Waals surface area contributed by atoms with Crippen LogP contribution in [0, 0.1) is 0 Å². The van der Waals surface area contributed by atoms with Crippen LogP contribution in [0.25, 0.3) is 5.70 Å². The van der Waals surface area contributed by atoms with Crippen LogP contribution in [0.4, 0.5) is 5.69 Å². The molecule has 0 aromatic heterocycles. The topological polar surface area (TPSA) is 91.0 Å². The van der Waals surface area contributed by atoms with Crippen molar-refractivity contribution < 1.29 is 9.90 Å². The summed E-state index contributed by atoms with van der Waals surface area (Å²) in [6, 6.07) is 14.3. The minimum Gasteiger partial charge on any atom is -0.508 e. The maximum atomic E-state index is 12.6. The molecular weight excluding hydrogens is 352 g/mol. The summed E-state index contributed by atoms with van der Waals surface area (Å²) in [6.45, 7) is 2.10. The number of phenols is 1. The van der Waals surface area contributed by atoms with Crippen molar-refractivity contribution in [3.05, 3.63) is 65.9 Å². The Balaban J connectivity index is 1.75. The van der Waals surface area contributed by atoms with Crippen molar-refractivity contribution in [2.45, 2.75) is 32.4 Å². The SMILES string of the molecule is CCCC1=NC(c2ccc(N)cc2)=CN(C)C1NC(=O)Cc1ccc(O)cc1. The minimum atomic E-state index is -0.276. The number of nitrogens with one attached hydrogen (secondary N) is 1. The Morgan fingerprint density at radius 1 is 1.18 bits per heavy atom. The summed E-state index contributed by atoms with van der Waals surface area (Å²) >= 11 is 0. The number of aromatic hydroxyl groups is 1.